The minimum atomic E-state index is 0.563. The predicted octanol–water partition coefficient (Wildman–Crippen LogP) is 3.01. The lowest BCUT2D eigenvalue weighted by atomic mass is 10.1. The van der Waals surface area contributed by atoms with Crippen LogP contribution in [0.5, 0.6) is 0 Å². The largest absolute Gasteiger partial charge is 0.310 e. The van der Waals surface area contributed by atoms with Crippen LogP contribution in [-0.4, -0.2) is 11.0 Å². The Morgan fingerprint density at radius 1 is 1.47 bits per heavy atom. The Morgan fingerprint density at radius 3 is 2.93 bits per heavy atom. The van der Waals surface area contributed by atoms with Gasteiger partial charge >= 0.3 is 0 Å². The number of nitrogens with zero attached hydrogens (tertiary/aromatic N) is 1. The Bertz CT molecular complexity index is 310. The van der Waals surface area contributed by atoms with Gasteiger partial charge < -0.3 is 5.32 Å². The van der Waals surface area contributed by atoms with E-state index < -0.39 is 0 Å². The van der Waals surface area contributed by atoms with Crippen LogP contribution >= 0.6 is 11.6 Å². The molecule has 2 nitrogen and oxygen atoms in total. The molecule has 0 amide bonds. The molecule has 1 N–H and O–H groups in total. The molecule has 0 aliphatic heterocycles. The summed E-state index contributed by atoms with van der Waals surface area (Å²) in [5, 5.41) is 4.13. The summed E-state index contributed by atoms with van der Waals surface area (Å²) in [6.45, 7) is 3.23. The van der Waals surface area contributed by atoms with E-state index in [9.17, 15) is 0 Å². The molecule has 2 atom stereocenters. The van der Waals surface area contributed by atoms with Crippen molar-refractivity contribution in [1.29, 1.82) is 0 Å². The van der Waals surface area contributed by atoms with Crippen molar-refractivity contribution in [2.24, 2.45) is 5.92 Å². The molecule has 2 unspecified atom stereocenters. The molecule has 82 valence electrons. The standard InChI is InChI=1S/C12H17ClN2/c1-9-2-4-11(6-9)14-7-10-3-5-12(13)15-8-10/h3,5,8-9,11,14H,2,4,6-7H2,1H3. The minimum absolute atomic E-state index is 0.563. The number of hydrogen-bond acceptors (Lipinski definition) is 2. The lowest BCUT2D eigenvalue weighted by molar-refractivity contribution is 0.502. The number of hydrogen-bond donors (Lipinski definition) is 1. The van der Waals surface area contributed by atoms with Gasteiger partial charge in [0.15, 0.2) is 0 Å². The van der Waals surface area contributed by atoms with E-state index in [0.29, 0.717) is 11.2 Å². The second-order valence-corrected chi connectivity index (χ2v) is 4.87. The summed E-state index contributed by atoms with van der Waals surface area (Å²) in [5.41, 5.74) is 1.21. The third kappa shape index (κ3) is 3.18. The van der Waals surface area contributed by atoms with E-state index in [0.717, 1.165) is 12.5 Å². The van der Waals surface area contributed by atoms with Gasteiger partial charge in [-0.2, -0.15) is 0 Å². The Kier molecular flexibility index (Phi) is 3.60. The lowest BCUT2D eigenvalue weighted by Gasteiger charge is -2.11. The van der Waals surface area contributed by atoms with Gasteiger partial charge in [-0.05, 0) is 36.8 Å². The lowest BCUT2D eigenvalue weighted by Crippen LogP contribution is -2.25. The fourth-order valence-corrected chi connectivity index (χ4v) is 2.28. The zero-order chi connectivity index (χ0) is 10.7. The molecule has 1 heterocycles. The highest BCUT2D eigenvalue weighted by atomic mass is 35.5. The topological polar surface area (TPSA) is 24.9 Å². The van der Waals surface area contributed by atoms with Gasteiger partial charge in [-0.3, -0.25) is 0 Å². The van der Waals surface area contributed by atoms with Crippen molar-refractivity contribution in [2.45, 2.75) is 38.8 Å². The van der Waals surface area contributed by atoms with Crippen LogP contribution in [0.15, 0.2) is 18.3 Å². The van der Waals surface area contributed by atoms with Crippen LogP contribution in [0.3, 0.4) is 0 Å². The molecule has 1 aliphatic carbocycles. The van der Waals surface area contributed by atoms with Gasteiger partial charge in [-0.1, -0.05) is 24.6 Å². The highest BCUT2D eigenvalue weighted by Crippen LogP contribution is 2.24. The average molecular weight is 225 g/mol. The van der Waals surface area contributed by atoms with Gasteiger partial charge in [0.25, 0.3) is 0 Å². The molecule has 0 bridgehead atoms. The third-order valence-corrected chi connectivity index (χ3v) is 3.30. The molecule has 15 heavy (non-hydrogen) atoms. The minimum Gasteiger partial charge on any atom is -0.310 e. The molecule has 3 heteroatoms. The second-order valence-electron chi connectivity index (χ2n) is 4.49. The predicted molar refractivity (Wildman–Crippen MR) is 62.9 cm³/mol. The van der Waals surface area contributed by atoms with Crippen LogP contribution in [0.4, 0.5) is 0 Å². The van der Waals surface area contributed by atoms with Gasteiger partial charge in [-0.15, -0.1) is 0 Å². The number of pyridine rings is 1. The molecule has 0 aromatic carbocycles. The van der Waals surface area contributed by atoms with Gasteiger partial charge in [0.1, 0.15) is 5.15 Å². The van der Waals surface area contributed by atoms with Gasteiger partial charge in [0, 0.05) is 18.8 Å². The molecule has 1 saturated carbocycles. The SMILES string of the molecule is CC1CCC(NCc2ccc(Cl)nc2)C1. The normalized spacial score (nSPS) is 25.7. The first kappa shape index (κ1) is 10.9. The van der Waals surface area contributed by atoms with Crippen LogP contribution in [0.2, 0.25) is 5.15 Å². The number of nitrogens with one attached hydrogen (secondary N) is 1. The quantitative estimate of drug-likeness (QED) is 0.799. The van der Waals surface area contributed by atoms with Crippen molar-refractivity contribution in [1.82, 2.24) is 10.3 Å². The summed E-state index contributed by atoms with van der Waals surface area (Å²) >= 11 is 5.73. The molecule has 0 saturated heterocycles. The van der Waals surface area contributed by atoms with Crippen LogP contribution < -0.4 is 5.32 Å². The fraction of sp³-hybridized carbons (Fsp3) is 0.583. The van der Waals surface area contributed by atoms with E-state index in [-0.39, 0.29) is 0 Å². The highest BCUT2D eigenvalue weighted by Gasteiger charge is 2.20. The molecule has 1 aromatic heterocycles. The van der Waals surface area contributed by atoms with Crippen LogP contribution in [0.1, 0.15) is 31.7 Å². The highest BCUT2D eigenvalue weighted by molar-refractivity contribution is 6.29. The Balaban J connectivity index is 1.80. The molecule has 2 rings (SSSR count). The van der Waals surface area contributed by atoms with Crippen molar-refractivity contribution < 1.29 is 0 Å². The van der Waals surface area contributed by atoms with E-state index >= 15 is 0 Å². The van der Waals surface area contributed by atoms with Gasteiger partial charge in [0.05, 0.1) is 0 Å². The molecular formula is C12H17ClN2. The Labute approximate surface area is 96.1 Å². The molecule has 1 aliphatic rings. The van der Waals surface area contributed by atoms with Crippen molar-refractivity contribution in [2.75, 3.05) is 0 Å². The summed E-state index contributed by atoms with van der Waals surface area (Å²) < 4.78 is 0. The molecular weight excluding hydrogens is 208 g/mol. The third-order valence-electron chi connectivity index (χ3n) is 3.08. The maximum absolute atomic E-state index is 5.73. The van der Waals surface area contributed by atoms with Crippen molar-refractivity contribution in [3.05, 3.63) is 29.0 Å². The van der Waals surface area contributed by atoms with E-state index in [4.69, 9.17) is 11.6 Å². The first-order valence-corrected chi connectivity index (χ1v) is 5.95. The zero-order valence-electron chi connectivity index (χ0n) is 9.04. The van der Waals surface area contributed by atoms with Gasteiger partial charge in [-0.25, -0.2) is 4.98 Å². The first-order chi connectivity index (χ1) is 7.24. The first-order valence-electron chi connectivity index (χ1n) is 5.58. The summed E-state index contributed by atoms with van der Waals surface area (Å²) in [4.78, 5) is 4.06. The zero-order valence-corrected chi connectivity index (χ0v) is 9.80. The summed E-state index contributed by atoms with van der Waals surface area (Å²) in [7, 11) is 0. The summed E-state index contributed by atoms with van der Waals surface area (Å²) in [6.07, 6.45) is 5.81. The fourth-order valence-electron chi connectivity index (χ4n) is 2.17. The number of rotatable bonds is 3. The van der Waals surface area contributed by atoms with Crippen LogP contribution in [0, 0.1) is 5.92 Å². The molecule has 0 spiro atoms. The van der Waals surface area contributed by atoms with Crippen molar-refractivity contribution >= 4 is 11.6 Å². The maximum atomic E-state index is 5.73. The second kappa shape index (κ2) is 4.95. The van der Waals surface area contributed by atoms with Crippen molar-refractivity contribution in [3.63, 3.8) is 0 Å². The number of aromatic nitrogens is 1. The average Bonchev–Trinajstić information content (AvgIpc) is 2.64. The molecule has 0 radical (unpaired) electrons. The van der Waals surface area contributed by atoms with Gasteiger partial charge in [0.2, 0.25) is 0 Å². The molecule has 1 aromatic rings. The van der Waals surface area contributed by atoms with E-state index in [1.807, 2.05) is 18.3 Å². The molecule has 1 fully saturated rings. The smallest absolute Gasteiger partial charge is 0.129 e. The van der Waals surface area contributed by atoms with Crippen LogP contribution in [0.25, 0.3) is 0 Å². The maximum Gasteiger partial charge on any atom is 0.129 e. The summed E-state index contributed by atoms with van der Waals surface area (Å²) in [6, 6.07) is 4.56. The number of halogens is 1. The van der Waals surface area contributed by atoms with E-state index in [2.05, 4.69) is 17.2 Å². The van der Waals surface area contributed by atoms with Crippen LogP contribution in [-0.2, 0) is 6.54 Å². The Hall–Kier alpha value is -0.600. The van der Waals surface area contributed by atoms with Crippen molar-refractivity contribution in [3.8, 4) is 0 Å². The van der Waals surface area contributed by atoms with E-state index in [1.54, 1.807) is 0 Å². The monoisotopic (exact) mass is 224 g/mol. The van der Waals surface area contributed by atoms with E-state index in [1.165, 1.54) is 24.8 Å². The summed E-state index contributed by atoms with van der Waals surface area (Å²) in [5.74, 6) is 0.880. The Morgan fingerprint density at radius 2 is 2.33 bits per heavy atom.